The van der Waals surface area contributed by atoms with E-state index in [1.54, 1.807) is 0 Å². The van der Waals surface area contributed by atoms with E-state index in [0.29, 0.717) is 0 Å². The monoisotopic (exact) mass is 425 g/mol. The van der Waals surface area contributed by atoms with Gasteiger partial charge in [0.2, 0.25) is 0 Å². The van der Waals surface area contributed by atoms with Gasteiger partial charge in [-0.15, -0.1) is 0 Å². The summed E-state index contributed by atoms with van der Waals surface area (Å²) in [5.74, 6) is 0.718. The molecule has 0 radical (unpaired) electrons. The minimum absolute atomic E-state index is 0.718. The summed E-state index contributed by atoms with van der Waals surface area (Å²) in [6.45, 7) is 7.39. The molecule has 0 aromatic carbocycles. The highest BCUT2D eigenvalue weighted by molar-refractivity contribution is 4.54. The summed E-state index contributed by atoms with van der Waals surface area (Å²) in [7, 11) is 0. The average molecular weight is 426 g/mol. The van der Waals surface area contributed by atoms with Crippen LogP contribution in [-0.4, -0.2) is 19.8 Å². The molecule has 0 bridgehead atoms. The molecule has 182 valence electrons. The molecule has 1 atom stereocenters. The van der Waals surface area contributed by atoms with Gasteiger partial charge in [-0.1, -0.05) is 136 Å². The van der Waals surface area contributed by atoms with E-state index in [-0.39, 0.29) is 0 Å². The molecule has 30 heavy (non-hydrogen) atoms. The molecule has 0 amide bonds. The van der Waals surface area contributed by atoms with Crippen molar-refractivity contribution < 1.29 is 4.74 Å². The average Bonchev–Trinajstić information content (AvgIpc) is 2.76. The van der Waals surface area contributed by atoms with Crippen LogP contribution in [0.25, 0.3) is 0 Å². The summed E-state index contributed by atoms with van der Waals surface area (Å²) < 4.78 is 5.81. The van der Waals surface area contributed by atoms with Gasteiger partial charge in [-0.05, 0) is 31.7 Å². The Labute approximate surface area is 191 Å². The van der Waals surface area contributed by atoms with E-state index in [0.717, 1.165) is 25.7 Å². The van der Waals surface area contributed by atoms with Crippen molar-refractivity contribution in [1.29, 1.82) is 0 Å². The first kappa shape index (κ1) is 29.9. The molecule has 0 aliphatic heterocycles. The molecule has 0 aliphatic carbocycles. The maximum Gasteiger partial charge on any atom is 0.0466 e. The van der Waals surface area contributed by atoms with Crippen molar-refractivity contribution in [3.63, 3.8) is 0 Å². The van der Waals surface area contributed by atoms with Crippen LogP contribution in [-0.2, 0) is 4.74 Å². The fourth-order valence-electron chi connectivity index (χ4n) is 4.20. The largest absolute Gasteiger partial charge is 0.381 e. The number of ether oxygens (including phenoxy) is 1. The smallest absolute Gasteiger partial charge is 0.0466 e. The molecule has 2 heteroatoms. The Kier molecular flexibility index (Phi) is 26.9. The van der Waals surface area contributed by atoms with E-state index in [9.17, 15) is 0 Å². The molecular formula is C28H59NO. The van der Waals surface area contributed by atoms with Gasteiger partial charge in [-0.2, -0.15) is 0 Å². The van der Waals surface area contributed by atoms with Gasteiger partial charge in [0.15, 0.2) is 0 Å². The zero-order valence-corrected chi connectivity index (χ0v) is 21.2. The predicted molar refractivity (Wildman–Crippen MR) is 136 cm³/mol. The quantitative estimate of drug-likeness (QED) is 0.140. The number of hydrogen-bond acceptors (Lipinski definition) is 2. The molecule has 0 heterocycles. The van der Waals surface area contributed by atoms with Gasteiger partial charge < -0.3 is 10.5 Å². The molecule has 0 fully saturated rings. The minimum Gasteiger partial charge on any atom is -0.381 e. The molecule has 0 saturated heterocycles. The van der Waals surface area contributed by atoms with Gasteiger partial charge in [0.1, 0.15) is 0 Å². The third-order valence-corrected chi connectivity index (χ3v) is 6.53. The van der Waals surface area contributed by atoms with Gasteiger partial charge in [0, 0.05) is 13.2 Å². The number of rotatable bonds is 26. The maximum atomic E-state index is 5.81. The van der Waals surface area contributed by atoms with Crippen LogP contribution in [0.3, 0.4) is 0 Å². The van der Waals surface area contributed by atoms with Gasteiger partial charge in [-0.3, -0.25) is 0 Å². The molecule has 0 spiro atoms. The minimum atomic E-state index is 0.718. The van der Waals surface area contributed by atoms with Gasteiger partial charge in [-0.25, -0.2) is 0 Å². The van der Waals surface area contributed by atoms with Crippen molar-refractivity contribution in [1.82, 2.24) is 0 Å². The first-order valence-electron chi connectivity index (χ1n) is 14.1. The van der Waals surface area contributed by atoms with Crippen LogP contribution in [0, 0.1) is 5.92 Å². The summed E-state index contributed by atoms with van der Waals surface area (Å²) in [6.07, 6.45) is 30.8. The van der Waals surface area contributed by atoms with Crippen LogP contribution in [0.1, 0.15) is 155 Å². The van der Waals surface area contributed by atoms with E-state index < -0.39 is 0 Å². The molecule has 2 N–H and O–H groups in total. The first-order chi connectivity index (χ1) is 14.8. The van der Waals surface area contributed by atoms with Crippen molar-refractivity contribution in [3.8, 4) is 0 Å². The summed E-state index contributed by atoms with van der Waals surface area (Å²) in [6, 6.07) is 0. The van der Waals surface area contributed by atoms with Crippen molar-refractivity contribution in [2.24, 2.45) is 11.7 Å². The molecule has 0 aliphatic rings. The van der Waals surface area contributed by atoms with Crippen molar-refractivity contribution in [2.75, 3.05) is 19.8 Å². The van der Waals surface area contributed by atoms with E-state index in [2.05, 4.69) is 13.8 Å². The van der Waals surface area contributed by atoms with Crippen LogP contribution in [0.2, 0.25) is 0 Å². The summed E-state index contributed by atoms with van der Waals surface area (Å²) >= 11 is 0. The lowest BCUT2D eigenvalue weighted by atomic mass is 10.0. The van der Waals surface area contributed by atoms with Crippen LogP contribution >= 0.6 is 0 Å². The van der Waals surface area contributed by atoms with Crippen LogP contribution < -0.4 is 5.73 Å². The van der Waals surface area contributed by atoms with E-state index in [4.69, 9.17) is 10.5 Å². The fraction of sp³-hybridized carbons (Fsp3) is 1.00. The molecule has 1 unspecified atom stereocenters. The Morgan fingerprint density at radius 3 is 1.20 bits per heavy atom. The highest BCUT2D eigenvalue weighted by Crippen LogP contribution is 2.14. The Hall–Kier alpha value is -0.0800. The topological polar surface area (TPSA) is 35.2 Å². The normalized spacial score (nSPS) is 12.5. The van der Waals surface area contributed by atoms with Gasteiger partial charge in [0.05, 0.1) is 0 Å². The summed E-state index contributed by atoms with van der Waals surface area (Å²) in [4.78, 5) is 0. The predicted octanol–water partition coefficient (Wildman–Crippen LogP) is 9.20. The second-order valence-electron chi connectivity index (χ2n) is 9.81. The molecule has 2 nitrogen and oxygen atoms in total. The van der Waals surface area contributed by atoms with Crippen molar-refractivity contribution >= 4 is 0 Å². The van der Waals surface area contributed by atoms with Crippen LogP contribution in [0.5, 0.6) is 0 Å². The van der Waals surface area contributed by atoms with Crippen molar-refractivity contribution in [2.45, 2.75) is 155 Å². The SMILES string of the molecule is CCCCCCCCCCCCOCCCCCCCCCCCCCC(C)CN. The van der Waals surface area contributed by atoms with Crippen LogP contribution in [0.15, 0.2) is 0 Å². The Morgan fingerprint density at radius 1 is 0.500 bits per heavy atom. The fourth-order valence-corrected chi connectivity index (χ4v) is 4.20. The second-order valence-corrected chi connectivity index (χ2v) is 9.81. The van der Waals surface area contributed by atoms with Gasteiger partial charge >= 0.3 is 0 Å². The lowest BCUT2D eigenvalue weighted by Crippen LogP contribution is -2.10. The van der Waals surface area contributed by atoms with E-state index in [1.165, 1.54) is 141 Å². The molecule has 0 saturated carbocycles. The summed E-state index contributed by atoms with van der Waals surface area (Å²) in [5.41, 5.74) is 5.66. The zero-order chi connectivity index (χ0) is 22.0. The first-order valence-corrected chi connectivity index (χ1v) is 14.1. The van der Waals surface area contributed by atoms with E-state index >= 15 is 0 Å². The molecule has 0 rings (SSSR count). The highest BCUT2D eigenvalue weighted by Gasteiger charge is 1.99. The molecule has 0 aromatic rings. The third kappa shape index (κ3) is 26.0. The van der Waals surface area contributed by atoms with Gasteiger partial charge in [0.25, 0.3) is 0 Å². The second kappa shape index (κ2) is 27.0. The molecule has 0 aromatic heterocycles. The van der Waals surface area contributed by atoms with Crippen LogP contribution in [0.4, 0.5) is 0 Å². The Morgan fingerprint density at radius 2 is 0.833 bits per heavy atom. The summed E-state index contributed by atoms with van der Waals surface area (Å²) in [5, 5.41) is 0. The molecular weight excluding hydrogens is 366 g/mol. The Bertz CT molecular complexity index is 294. The lowest BCUT2D eigenvalue weighted by Gasteiger charge is -2.07. The number of hydrogen-bond donors (Lipinski definition) is 1. The zero-order valence-electron chi connectivity index (χ0n) is 21.2. The number of nitrogens with two attached hydrogens (primary N) is 1. The lowest BCUT2D eigenvalue weighted by molar-refractivity contribution is 0.125. The maximum absolute atomic E-state index is 5.81. The third-order valence-electron chi connectivity index (χ3n) is 6.53. The van der Waals surface area contributed by atoms with Crippen molar-refractivity contribution in [3.05, 3.63) is 0 Å². The standard InChI is InChI=1S/C28H59NO/c1-3-4-5-6-7-8-13-16-19-22-25-30-26-23-20-17-14-11-9-10-12-15-18-21-24-28(2)27-29/h28H,3-27,29H2,1-2H3. The number of unbranched alkanes of at least 4 members (excludes halogenated alkanes) is 19. The van der Waals surface area contributed by atoms with E-state index in [1.807, 2.05) is 0 Å². The Balaban J connectivity index is 3.00. The highest BCUT2D eigenvalue weighted by atomic mass is 16.5.